The van der Waals surface area contributed by atoms with E-state index >= 15 is 0 Å². The van der Waals surface area contributed by atoms with E-state index in [0.717, 1.165) is 10.1 Å². The van der Waals surface area contributed by atoms with Crippen molar-refractivity contribution >= 4 is 21.4 Å². The largest absolute Gasteiger partial charge is 0.496 e. The average Bonchev–Trinajstić information content (AvgIpc) is 2.62. The maximum Gasteiger partial charge on any atom is 0.133 e. The molecule has 0 unspecified atom stereocenters. The zero-order valence-electron chi connectivity index (χ0n) is 8.13. The maximum absolute atomic E-state index is 13.6. The van der Waals surface area contributed by atoms with Crippen LogP contribution in [0, 0.1) is 5.82 Å². The van der Waals surface area contributed by atoms with Crippen LogP contribution in [-0.4, -0.2) is 7.11 Å². The molecule has 0 spiro atoms. The van der Waals surface area contributed by atoms with Crippen LogP contribution in [-0.2, 0) is 6.42 Å². The Bertz CT molecular complexity index is 462. The van der Waals surface area contributed by atoms with E-state index in [-0.39, 0.29) is 5.82 Å². The average molecular weight is 210 g/mol. The second-order valence-electron chi connectivity index (χ2n) is 3.06. The summed E-state index contributed by atoms with van der Waals surface area (Å²) in [5, 5.41) is 2.96. The Morgan fingerprint density at radius 2 is 2.29 bits per heavy atom. The van der Waals surface area contributed by atoms with E-state index in [1.807, 2.05) is 18.4 Å². The van der Waals surface area contributed by atoms with Gasteiger partial charge >= 0.3 is 0 Å². The molecule has 0 aliphatic rings. The first kappa shape index (κ1) is 9.46. The van der Waals surface area contributed by atoms with E-state index in [1.165, 1.54) is 11.3 Å². The highest BCUT2D eigenvalue weighted by atomic mass is 32.1. The van der Waals surface area contributed by atoms with Gasteiger partial charge in [0.25, 0.3) is 0 Å². The molecule has 0 radical (unpaired) electrons. The molecule has 0 saturated carbocycles. The van der Waals surface area contributed by atoms with Crippen LogP contribution in [0.3, 0.4) is 0 Å². The molecular formula is C11H11FOS. The van der Waals surface area contributed by atoms with Gasteiger partial charge in [0.05, 0.1) is 7.11 Å². The van der Waals surface area contributed by atoms with E-state index in [9.17, 15) is 4.39 Å². The molecule has 1 heterocycles. The fourth-order valence-electron chi connectivity index (χ4n) is 1.66. The maximum atomic E-state index is 13.6. The highest BCUT2D eigenvalue weighted by Gasteiger charge is 2.12. The van der Waals surface area contributed by atoms with Gasteiger partial charge in [-0.15, -0.1) is 11.3 Å². The summed E-state index contributed by atoms with van der Waals surface area (Å²) in [5.41, 5.74) is 0.665. The Hall–Kier alpha value is -1.09. The lowest BCUT2D eigenvalue weighted by Crippen LogP contribution is -1.94. The number of fused-ring (bicyclic) bond motifs is 1. The molecule has 0 bridgehead atoms. The Morgan fingerprint density at radius 1 is 1.50 bits per heavy atom. The molecule has 0 aliphatic heterocycles. The second-order valence-corrected chi connectivity index (χ2v) is 4.00. The number of benzene rings is 1. The van der Waals surface area contributed by atoms with Gasteiger partial charge in [-0.2, -0.15) is 0 Å². The van der Waals surface area contributed by atoms with Crippen molar-refractivity contribution in [2.75, 3.05) is 7.11 Å². The second kappa shape index (κ2) is 3.58. The summed E-state index contributed by atoms with van der Waals surface area (Å²) >= 11 is 1.53. The smallest absolute Gasteiger partial charge is 0.133 e. The molecule has 1 nitrogen and oxygen atoms in total. The van der Waals surface area contributed by atoms with E-state index in [0.29, 0.717) is 17.7 Å². The summed E-state index contributed by atoms with van der Waals surface area (Å²) in [7, 11) is 1.59. The predicted molar refractivity (Wildman–Crippen MR) is 57.7 cm³/mol. The zero-order chi connectivity index (χ0) is 10.1. The number of methoxy groups -OCH3 is 1. The van der Waals surface area contributed by atoms with Crippen LogP contribution in [0.25, 0.3) is 10.1 Å². The van der Waals surface area contributed by atoms with Gasteiger partial charge in [-0.1, -0.05) is 6.92 Å². The first-order chi connectivity index (χ1) is 6.77. The Morgan fingerprint density at radius 3 is 2.93 bits per heavy atom. The van der Waals surface area contributed by atoms with Crippen LogP contribution >= 0.6 is 11.3 Å². The van der Waals surface area contributed by atoms with Gasteiger partial charge in [0.1, 0.15) is 11.6 Å². The van der Waals surface area contributed by atoms with Crippen molar-refractivity contribution in [2.45, 2.75) is 13.3 Å². The third-order valence-electron chi connectivity index (χ3n) is 2.32. The molecule has 1 aromatic heterocycles. The van der Waals surface area contributed by atoms with Crippen molar-refractivity contribution in [3.05, 3.63) is 28.9 Å². The minimum absolute atomic E-state index is 0.167. The molecule has 0 saturated heterocycles. The van der Waals surface area contributed by atoms with Gasteiger partial charge in [0, 0.05) is 15.6 Å². The summed E-state index contributed by atoms with van der Waals surface area (Å²) in [6.07, 6.45) is 0.654. The SMILES string of the molecule is CCc1c(F)cc2sccc2c1OC. The highest BCUT2D eigenvalue weighted by Crippen LogP contribution is 2.35. The van der Waals surface area contributed by atoms with Gasteiger partial charge in [0.2, 0.25) is 0 Å². The van der Waals surface area contributed by atoms with Gasteiger partial charge in [0.15, 0.2) is 0 Å². The van der Waals surface area contributed by atoms with Crippen molar-refractivity contribution in [3.8, 4) is 5.75 Å². The summed E-state index contributed by atoms with van der Waals surface area (Å²) in [4.78, 5) is 0. The fraction of sp³-hybridized carbons (Fsp3) is 0.273. The molecule has 74 valence electrons. The van der Waals surface area contributed by atoms with Crippen LogP contribution in [0.5, 0.6) is 5.75 Å². The monoisotopic (exact) mass is 210 g/mol. The van der Waals surface area contributed by atoms with Gasteiger partial charge in [-0.25, -0.2) is 4.39 Å². The van der Waals surface area contributed by atoms with Crippen molar-refractivity contribution in [1.82, 2.24) is 0 Å². The molecule has 0 aliphatic carbocycles. The van der Waals surface area contributed by atoms with Crippen molar-refractivity contribution in [3.63, 3.8) is 0 Å². The van der Waals surface area contributed by atoms with Crippen molar-refractivity contribution in [2.24, 2.45) is 0 Å². The standard InChI is InChI=1S/C11H11FOS/c1-3-7-9(12)6-10-8(4-5-14-10)11(7)13-2/h4-6H,3H2,1-2H3. The summed E-state index contributed by atoms with van der Waals surface area (Å²) in [6.45, 7) is 1.93. The topological polar surface area (TPSA) is 9.23 Å². The van der Waals surface area contributed by atoms with Crippen LogP contribution < -0.4 is 4.74 Å². The van der Waals surface area contributed by atoms with Crippen LogP contribution in [0.1, 0.15) is 12.5 Å². The van der Waals surface area contributed by atoms with Crippen LogP contribution in [0.2, 0.25) is 0 Å². The first-order valence-electron chi connectivity index (χ1n) is 4.50. The molecule has 3 heteroatoms. The van der Waals surface area contributed by atoms with Crippen LogP contribution in [0.4, 0.5) is 4.39 Å². The summed E-state index contributed by atoms with van der Waals surface area (Å²) in [6, 6.07) is 3.55. The number of hydrogen-bond acceptors (Lipinski definition) is 2. The molecule has 0 amide bonds. The quantitative estimate of drug-likeness (QED) is 0.735. The highest BCUT2D eigenvalue weighted by molar-refractivity contribution is 7.17. The van der Waals surface area contributed by atoms with E-state index in [2.05, 4.69) is 0 Å². The lowest BCUT2D eigenvalue weighted by atomic mass is 10.1. The predicted octanol–water partition coefficient (Wildman–Crippen LogP) is 3.61. The summed E-state index contributed by atoms with van der Waals surface area (Å²) < 4.78 is 19.8. The Labute approximate surface area is 86.1 Å². The number of rotatable bonds is 2. The number of ether oxygens (including phenoxy) is 1. The van der Waals surface area contributed by atoms with E-state index < -0.39 is 0 Å². The fourth-order valence-corrected chi connectivity index (χ4v) is 2.47. The molecule has 1 aromatic carbocycles. The minimum atomic E-state index is -0.167. The first-order valence-corrected chi connectivity index (χ1v) is 5.38. The third kappa shape index (κ3) is 1.28. The summed E-state index contributed by atoms with van der Waals surface area (Å²) in [5.74, 6) is 0.517. The molecule has 0 N–H and O–H groups in total. The normalized spacial score (nSPS) is 10.8. The molecule has 14 heavy (non-hydrogen) atoms. The van der Waals surface area contributed by atoms with E-state index in [1.54, 1.807) is 13.2 Å². The Balaban J connectivity index is 2.82. The van der Waals surface area contributed by atoms with Crippen LogP contribution in [0.15, 0.2) is 17.5 Å². The number of halogens is 1. The van der Waals surface area contributed by atoms with Gasteiger partial charge < -0.3 is 4.74 Å². The zero-order valence-corrected chi connectivity index (χ0v) is 8.95. The lowest BCUT2D eigenvalue weighted by molar-refractivity contribution is 0.410. The van der Waals surface area contributed by atoms with Gasteiger partial charge in [-0.05, 0) is 23.9 Å². The molecule has 0 atom stereocenters. The molecule has 2 rings (SSSR count). The number of hydrogen-bond donors (Lipinski definition) is 0. The van der Waals surface area contributed by atoms with Crippen molar-refractivity contribution < 1.29 is 9.13 Å². The minimum Gasteiger partial charge on any atom is -0.496 e. The Kier molecular flexibility index (Phi) is 2.42. The number of thiophene rings is 1. The van der Waals surface area contributed by atoms with Gasteiger partial charge in [-0.3, -0.25) is 0 Å². The molecule has 2 aromatic rings. The van der Waals surface area contributed by atoms with E-state index in [4.69, 9.17) is 4.74 Å². The molecule has 0 fully saturated rings. The third-order valence-corrected chi connectivity index (χ3v) is 3.18. The van der Waals surface area contributed by atoms with Crippen molar-refractivity contribution in [1.29, 1.82) is 0 Å². The molecular weight excluding hydrogens is 199 g/mol. The lowest BCUT2D eigenvalue weighted by Gasteiger charge is -2.08.